The van der Waals surface area contributed by atoms with E-state index in [1.807, 2.05) is 0 Å². The van der Waals surface area contributed by atoms with Gasteiger partial charge in [0.25, 0.3) is 0 Å². The molecule has 0 saturated heterocycles. The fraction of sp³-hybridized carbons (Fsp3) is 0.250. The fourth-order valence-corrected chi connectivity index (χ4v) is 0.907. The van der Waals surface area contributed by atoms with Crippen LogP contribution in [0.2, 0.25) is 0 Å². The maximum atomic E-state index is 12.5. The summed E-state index contributed by atoms with van der Waals surface area (Å²) in [6.45, 7) is 1.94. The molecule has 11 heavy (non-hydrogen) atoms. The van der Waals surface area contributed by atoms with Gasteiger partial charge in [0.1, 0.15) is 0 Å². The van der Waals surface area contributed by atoms with Crippen LogP contribution in [0.4, 0.5) is 8.78 Å². The Morgan fingerprint density at radius 1 is 1.27 bits per heavy atom. The summed E-state index contributed by atoms with van der Waals surface area (Å²) in [5.41, 5.74) is 6.61. The number of hydrogen-bond acceptors (Lipinski definition) is 1. The molecule has 2 N–H and O–H groups in total. The second-order valence-electron chi connectivity index (χ2n) is 2.40. The highest BCUT2D eigenvalue weighted by Crippen LogP contribution is 2.13. The topological polar surface area (TPSA) is 26.0 Å². The van der Waals surface area contributed by atoms with Gasteiger partial charge in [-0.1, -0.05) is 0 Å². The molecule has 1 rings (SSSR count). The molecule has 0 heterocycles. The van der Waals surface area contributed by atoms with Crippen LogP contribution in [0.5, 0.6) is 0 Å². The molecule has 0 fully saturated rings. The highest BCUT2D eigenvalue weighted by molar-refractivity contribution is 5.27. The molecule has 60 valence electrons. The highest BCUT2D eigenvalue weighted by atomic mass is 19.2. The van der Waals surface area contributed by atoms with Gasteiger partial charge >= 0.3 is 0 Å². The van der Waals surface area contributed by atoms with Gasteiger partial charge in [0, 0.05) is 6.54 Å². The molecule has 0 aliphatic carbocycles. The summed E-state index contributed by atoms with van der Waals surface area (Å²) in [6, 6.07) is 2.28. The van der Waals surface area contributed by atoms with Gasteiger partial charge in [-0.05, 0) is 30.2 Å². The van der Waals surface area contributed by atoms with Crippen LogP contribution in [-0.4, -0.2) is 0 Å². The molecule has 0 spiro atoms. The molecule has 1 aromatic carbocycles. The predicted octanol–water partition coefficient (Wildman–Crippen LogP) is 1.73. The van der Waals surface area contributed by atoms with Crippen molar-refractivity contribution in [2.75, 3.05) is 0 Å². The number of halogens is 2. The maximum absolute atomic E-state index is 12.5. The molecular weight excluding hydrogens is 148 g/mol. The van der Waals surface area contributed by atoms with E-state index in [2.05, 4.69) is 0 Å². The van der Waals surface area contributed by atoms with Gasteiger partial charge < -0.3 is 5.73 Å². The van der Waals surface area contributed by atoms with Gasteiger partial charge in [-0.3, -0.25) is 0 Å². The van der Waals surface area contributed by atoms with Gasteiger partial charge in [-0.2, -0.15) is 0 Å². The molecule has 0 radical (unpaired) electrons. The Kier molecular flexibility index (Phi) is 2.19. The molecule has 1 aromatic rings. The lowest BCUT2D eigenvalue weighted by atomic mass is 10.1. The van der Waals surface area contributed by atoms with Gasteiger partial charge in [0.05, 0.1) is 0 Å². The molecule has 0 saturated carbocycles. The van der Waals surface area contributed by atoms with Crippen molar-refractivity contribution >= 4 is 0 Å². The summed E-state index contributed by atoms with van der Waals surface area (Å²) >= 11 is 0. The third-order valence-electron chi connectivity index (χ3n) is 1.60. The lowest BCUT2D eigenvalue weighted by Crippen LogP contribution is -2.01. The Morgan fingerprint density at radius 2 is 1.82 bits per heavy atom. The lowest BCUT2D eigenvalue weighted by Gasteiger charge is -2.02. The molecule has 1 nitrogen and oxygen atoms in total. The lowest BCUT2D eigenvalue weighted by molar-refractivity contribution is 0.506. The van der Waals surface area contributed by atoms with Crippen LogP contribution in [0, 0.1) is 18.6 Å². The Hall–Kier alpha value is -0.960. The fourth-order valence-electron chi connectivity index (χ4n) is 0.907. The average Bonchev–Trinajstić information content (AvgIpc) is 1.97. The van der Waals surface area contributed by atoms with E-state index in [1.165, 1.54) is 0 Å². The number of hydrogen-bond donors (Lipinski definition) is 1. The second kappa shape index (κ2) is 2.96. The molecule has 3 heteroatoms. The van der Waals surface area contributed by atoms with E-state index in [1.54, 1.807) is 6.92 Å². The average molecular weight is 157 g/mol. The summed E-state index contributed by atoms with van der Waals surface area (Å²) < 4.78 is 25.0. The number of benzene rings is 1. The van der Waals surface area contributed by atoms with Crippen molar-refractivity contribution in [1.82, 2.24) is 0 Å². The van der Waals surface area contributed by atoms with Gasteiger partial charge in [0.2, 0.25) is 0 Å². The van der Waals surface area contributed by atoms with Crippen LogP contribution < -0.4 is 5.73 Å². The summed E-state index contributed by atoms with van der Waals surface area (Å²) in [5, 5.41) is 0. The molecule has 0 aliphatic heterocycles. The van der Waals surface area contributed by atoms with Crippen LogP contribution in [0.3, 0.4) is 0 Å². The smallest absolute Gasteiger partial charge is 0.159 e. The first-order chi connectivity index (χ1) is 5.15. The van der Waals surface area contributed by atoms with Crippen LogP contribution in [0.25, 0.3) is 0 Å². The minimum atomic E-state index is -0.837. The van der Waals surface area contributed by atoms with E-state index in [4.69, 9.17) is 5.73 Å². The zero-order valence-corrected chi connectivity index (χ0v) is 6.20. The first-order valence-corrected chi connectivity index (χ1v) is 3.29. The Bertz CT molecular complexity index is 271. The van der Waals surface area contributed by atoms with Gasteiger partial charge in [-0.25, -0.2) is 8.78 Å². The van der Waals surface area contributed by atoms with Crippen LogP contribution in [-0.2, 0) is 6.54 Å². The normalized spacial score (nSPS) is 10.2. The summed E-state index contributed by atoms with van der Waals surface area (Å²) in [7, 11) is 0. The van der Waals surface area contributed by atoms with Gasteiger partial charge in [-0.15, -0.1) is 0 Å². The van der Waals surface area contributed by atoms with Crippen molar-refractivity contribution in [3.8, 4) is 0 Å². The van der Waals surface area contributed by atoms with E-state index in [9.17, 15) is 8.78 Å². The first-order valence-electron chi connectivity index (χ1n) is 3.29. The summed E-state index contributed by atoms with van der Waals surface area (Å²) in [5.74, 6) is -1.66. The molecule has 0 bridgehead atoms. The number of aryl methyl sites for hydroxylation is 1. The predicted molar refractivity (Wildman–Crippen MR) is 39.0 cm³/mol. The zero-order valence-electron chi connectivity index (χ0n) is 6.20. The summed E-state index contributed by atoms with van der Waals surface area (Å²) in [6.07, 6.45) is 0. The quantitative estimate of drug-likeness (QED) is 0.660. The van der Waals surface area contributed by atoms with Crippen molar-refractivity contribution in [3.05, 3.63) is 34.9 Å². The van der Waals surface area contributed by atoms with Crippen LogP contribution in [0.15, 0.2) is 12.1 Å². The van der Waals surface area contributed by atoms with Crippen molar-refractivity contribution < 1.29 is 8.78 Å². The first kappa shape index (κ1) is 8.14. The summed E-state index contributed by atoms with van der Waals surface area (Å²) in [4.78, 5) is 0. The van der Waals surface area contributed by atoms with Crippen molar-refractivity contribution in [1.29, 1.82) is 0 Å². The molecule has 0 unspecified atom stereocenters. The van der Waals surface area contributed by atoms with Crippen molar-refractivity contribution in [2.45, 2.75) is 13.5 Å². The van der Waals surface area contributed by atoms with Crippen molar-refractivity contribution in [2.24, 2.45) is 5.73 Å². The monoisotopic (exact) mass is 157 g/mol. The van der Waals surface area contributed by atoms with E-state index in [-0.39, 0.29) is 6.54 Å². The van der Waals surface area contributed by atoms with Crippen molar-refractivity contribution in [3.63, 3.8) is 0 Å². The molecular formula is C8H9F2N. The largest absolute Gasteiger partial charge is 0.326 e. The minimum absolute atomic E-state index is 0.239. The molecule has 0 aliphatic rings. The highest BCUT2D eigenvalue weighted by Gasteiger charge is 2.04. The van der Waals surface area contributed by atoms with Gasteiger partial charge in [0.15, 0.2) is 11.6 Å². The van der Waals surface area contributed by atoms with E-state index in [0.29, 0.717) is 11.1 Å². The van der Waals surface area contributed by atoms with E-state index in [0.717, 1.165) is 12.1 Å². The SMILES string of the molecule is Cc1cc(F)c(F)cc1CN. The molecule has 0 atom stereocenters. The Labute approximate surface area is 63.8 Å². The van der Waals surface area contributed by atoms with E-state index < -0.39 is 11.6 Å². The number of rotatable bonds is 1. The minimum Gasteiger partial charge on any atom is -0.326 e. The third kappa shape index (κ3) is 1.54. The van der Waals surface area contributed by atoms with Crippen LogP contribution in [0.1, 0.15) is 11.1 Å². The molecule has 0 amide bonds. The maximum Gasteiger partial charge on any atom is 0.159 e. The Morgan fingerprint density at radius 3 is 2.36 bits per heavy atom. The zero-order chi connectivity index (χ0) is 8.43. The standard InChI is InChI=1S/C8H9F2N/c1-5-2-7(9)8(10)3-6(5)4-11/h2-3H,4,11H2,1H3. The Balaban J connectivity index is 3.21. The second-order valence-corrected chi connectivity index (χ2v) is 2.40. The van der Waals surface area contributed by atoms with E-state index >= 15 is 0 Å². The molecule has 0 aromatic heterocycles. The van der Waals surface area contributed by atoms with Crippen LogP contribution >= 0.6 is 0 Å². The third-order valence-corrected chi connectivity index (χ3v) is 1.60. The number of nitrogens with two attached hydrogens (primary N) is 1.